The number of carbonyl (C=O) groups is 2. The molecule has 0 atom stereocenters. The molecule has 1 aromatic rings. The van der Waals surface area contributed by atoms with E-state index >= 15 is 0 Å². The molecule has 1 aromatic carbocycles. The molecule has 0 aliphatic carbocycles. The maximum Gasteiger partial charge on any atom is 0.325 e. The highest BCUT2D eigenvalue weighted by atomic mass is 19.1. The van der Waals surface area contributed by atoms with E-state index in [1.54, 1.807) is 13.0 Å². The van der Waals surface area contributed by atoms with E-state index in [1.165, 1.54) is 17.0 Å². The van der Waals surface area contributed by atoms with Crippen LogP contribution in [0.5, 0.6) is 0 Å². The number of anilines is 1. The molecule has 1 aliphatic rings. The number of nitrogens with zero attached hydrogens (tertiary/aromatic N) is 1. The van der Waals surface area contributed by atoms with Crippen molar-refractivity contribution in [3.8, 4) is 0 Å². The topological polar surface area (TPSA) is 58.6 Å². The SMILES string of the molecule is CCOC(=O)CN1Cc2c(F)cccc2NC1=O. The summed E-state index contributed by atoms with van der Waals surface area (Å²) in [6.45, 7) is 1.81. The number of nitrogens with one attached hydrogen (secondary N) is 1. The highest BCUT2D eigenvalue weighted by Crippen LogP contribution is 2.25. The molecule has 2 amide bonds. The highest BCUT2D eigenvalue weighted by molar-refractivity contribution is 5.94. The molecule has 96 valence electrons. The van der Waals surface area contributed by atoms with Gasteiger partial charge in [0.2, 0.25) is 0 Å². The normalized spacial score (nSPS) is 13.9. The number of benzene rings is 1. The van der Waals surface area contributed by atoms with Gasteiger partial charge in [-0.25, -0.2) is 9.18 Å². The first-order chi connectivity index (χ1) is 8.61. The Kier molecular flexibility index (Phi) is 3.45. The van der Waals surface area contributed by atoms with Crippen LogP contribution in [0, 0.1) is 5.82 Å². The van der Waals surface area contributed by atoms with Crippen molar-refractivity contribution in [2.24, 2.45) is 0 Å². The van der Waals surface area contributed by atoms with Crippen LogP contribution in [0.15, 0.2) is 18.2 Å². The van der Waals surface area contributed by atoms with E-state index in [1.807, 2.05) is 0 Å². The molecule has 0 spiro atoms. The average Bonchev–Trinajstić information content (AvgIpc) is 2.31. The lowest BCUT2D eigenvalue weighted by atomic mass is 10.1. The molecule has 0 fully saturated rings. The van der Waals surface area contributed by atoms with Gasteiger partial charge in [-0.2, -0.15) is 0 Å². The summed E-state index contributed by atoms with van der Waals surface area (Å²) in [5.74, 6) is -0.909. The van der Waals surface area contributed by atoms with Crippen LogP contribution in [0.2, 0.25) is 0 Å². The lowest BCUT2D eigenvalue weighted by Crippen LogP contribution is -2.42. The van der Waals surface area contributed by atoms with Crippen molar-refractivity contribution in [2.75, 3.05) is 18.5 Å². The molecule has 0 aromatic heterocycles. The van der Waals surface area contributed by atoms with Gasteiger partial charge >= 0.3 is 12.0 Å². The lowest BCUT2D eigenvalue weighted by molar-refractivity contribution is -0.143. The second kappa shape index (κ2) is 5.03. The predicted octanol–water partition coefficient (Wildman–Crippen LogP) is 1.74. The predicted molar refractivity (Wildman–Crippen MR) is 62.5 cm³/mol. The Morgan fingerprint density at radius 3 is 3.06 bits per heavy atom. The molecule has 18 heavy (non-hydrogen) atoms. The van der Waals surface area contributed by atoms with Crippen LogP contribution in [0.3, 0.4) is 0 Å². The minimum absolute atomic E-state index is 0.0622. The largest absolute Gasteiger partial charge is 0.465 e. The first-order valence-corrected chi connectivity index (χ1v) is 5.60. The fourth-order valence-corrected chi connectivity index (χ4v) is 1.78. The van der Waals surface area contributed by atoms with Crippen molar-refractivity contribution in [1.82, 2.24) is 4.90 Å². The van der Waals surface area contributed by atoms with Crippen LogP contribution in [-0.4, -0.2) is 30.1 Å². The zero-order chi connectivity index (χ0) is 13.1. The zero-order valence-corrected chi connectivity index (χ0v) is 9.90. The highest BCUT2D eigenvalue weighted by Gasteiger charge is 2.26. The summed E-state index contributed by atoms with van der Waals surface area (Å²) < 4.78 is 18.3. The van der Waals surface area contributed by atoms with Crippen molar-refractivity contribution < 1.29 is 18.7 Å². The molecular formula is C12H13FN2O3. The third-order valence-electron chi connectivity index (χ3n) is 2.62. The number of esters is 1. The fourth-order valence-electron chi connectivity index (χ4n) is 1.78. The average molecular weight is 252 g/mol. The monoisotopic (exact) mass is 252 g/mol. The molecule has 0 radical (unpaired) electrons. The van der Waals surface area contributed by atoms with E-state index in [4.69, 9.17) is 4.74 Å². The van der Waals surface area contributed by atoms with Gasteiger partial charge in [0.25, 0.3) is 0 Å². The Balaban J connectivity index is 2.15. The number of halogens is 1. The van der Waals surface area contributed by atoms with Crippen molar-refractivity contribution in [3.63, 3.8) is 0 Å². The summed E-state index contributed by atoms with van der Waals surface area (Å²) in [6.07, 6.45) is 0. The van der Waals surface area contributed by atoms with Gasteiger partial charge in [0.15, 0.2) is 0 Å². The third kappa shape index (κ3) is 2.42. The van der Waals surface area contributed by atoms with E-state index < -0.39 is 17.8 Å². The number of amides is 2. The Morgan fingerprint density at radius 1 is 1.56 bits per heavy atom. The summed E-state index contributed by atoms with van der Waals surface area (Å²) in [5.41, 5.74) is 0.821. The molecule has 0 unspecified atom stereocenters. The molecule has 1 aliphatic heterocycles. The first kappa shape index (κ1) is 12.3. The Labute approximate surface area is 104 Å². The summed E-state index contributed by atoms with van der Waals surface area (Å²) in [7, 11) is 0. The maximum atomic E-state index is 13.6. The van der Waals surface area contributed by atoms with Crippen LogP contribution in [0.1, 0.15) is 12.5 Å². The maximum absolute atomic E-state index is 13.6. The molecular weight excluding hydrogens is 239 g/mol. The van der Waals surface area contributed by atoms with Crippen LogP contribution < -0.4 is 5.32 Å². The summed E-state index contributed by atoms with van der Waals surface area (Å²) in [6, 6.07) is 4.04. The number of ether oxygens (including phenoxy) is 1. The van der Waals surface area contributed by atoms with Gasteiger partial charge in [0, 0.05) is 5.56 Å². The van der Waals surface area contributed by atoms with Crippen molar-refractivity contribution >= 4 is 17.7 Å². The standard InChI is InChI=1S/C12H13FN2O3/c1-2-18-11(16)7-15-6-8-9(13)4-3-5-10(8)14-12(15)17/h3-5H,2,6-7H2,1H3,(H,14,17). The van der Waals surface area contributed by atoms with Gasteiger partial charge in [-0.15, -0.1) is 0 Å². The Morgan fingerprint density at radius 2 is 2.33 bits per heavy atom. The molecule has 0 saturated carbocycles. The van der Waals surface area contributed by atoms with Gasteiger partial charge < -0.3 is 15.0 Å². The van der Waals surface area contributed by atoms with Crippen LogP contribution >= 0.6 is 0 Å². The van der Waals surface area contributed by atoms with E-state index in [0.717, 1.165) is 0 Å². The molecule has 0 saturated heterocycles. The number of carbonyl (C=O) groups excluding carboxylic acids is 2. The second-order valence-corrected chi connectivity index (χ2v) is 3.86. The Hall–Kier alpha value is -2.11. The molecule has 6 heteroatoms. The van der Waals surface area contributed by atoms with Crippen molar-refractivity contribution in [1.29, 1.82) is 0 Å². The quantitative estimate of drug-likeness (QED) is 0.833. The summed E-state index contributed by atoms with van der Waals surface area (Å²) in [5, 5.41) is 2.54. The molecule has 2 rings (SSSR count). The van der Waals surface area contributed by atoms with Gasteiger partial charge in [-0.05, 0) is 19.1 Å². The van der Waals surface area contributed by atoms with Gasteiger partial charge in [0.05, 0.1) is 18.8 Å². The lowest BCUT2D eigenvalue weighted by Gasteiger charge is -2.28. The summed E-state index contributed by atoms with van der Waals surface area (Å²) >= 11 is 0. The van der Waals surface area contributed by atoms with Crippen molar-refractivity contribution in [3.05, 3.63) is 29.6 Å². The van der Waals surface area contributed by atoms with Gasteiger partial charge in [-0.1, -0.05) is 6.07 Å². The zero-order valence-electron chi connectivity index (χ0n) is 9.90. The molecule has 5 nitrogen and oxygen atoms in total. The number of rotatable bonds is 3. The number of hydrogen-bond acceptors (Lipinski definition) is 3. The second-order valence-electron chi connectivity index (χ2n) is 3.86. The number of urea groups is 1. The molecule has 0 bridgehead atoms. The van der Waals surface area contributed by atoms with Crippen LogP contribution in [0.25, 0.3) is 0 Å². The van der Waals surface area contributed by atoms with E-state index in [2.05, 4.69) is 5.32 Å². The Bertz CT molecular complexity index is 490. The minimum Gasteiger partial charge on any atom is -0.465 e. The molecule has 1 N–H and O–H groups in total. The molecule has 1 heterocycles. The van der Waals surface area contributed by atoms with Crippen LogP contribution in [-0.2, 0) is 16.1 Å². The smallest absolute Gasteiger partial charge is 0.325 e. The van der Waals surface area contributed by atoms with E-state index in [-0.39, 0.29) is 19.7 Å². The number of fused-ring (bicyclic) bond motifs is 1. The van der Waals surface area contributed by atoms with Gasteiger partial charge in [0.1, 0.15) is 12.4 Å². The third-order valence-corrected chi connectivity index (χ3v) is 2.62. The number of hydrogen-bond donors (Lipinski definition) is 1. The van der Waals surface area contributed by atoms with Crippen LogP contribution in [0.4, 0.5) is 14.9 Å². The first-order valence-electron chi connectivity index (χ1n) is 5.60. The minimum atomic E-state index is -0.507. The van der Waals surface area contributed by atoms with Gasteiger partial charge in [-0.3, -0.25) is 4.79 Å². The van der Waals surface area contributed by atoms with E-state index in [9.17, 15) is 14.0 Å². The summed E-state index contributed by atoms with van der Waals surface area (Å²) in [4.78, 5) is 24.2. The van der Waals surface area contributed by atoms with E-state index in [0.29, 0.717) is 11.3 Å². The fraction of sp³-hybridized carbons (Fsp3) is 0.333. The van der Waals surface area contributed by atoms with Crippen molar-refractivity contribution in [2.45, 2.75) is 13.5 Å².